The van der Waals surface area contributed by atoms with Crippen LogP contribution in [0.25, 0.3) is 0 Å². The van der Waals surface area contributed by atoms with Crippen molar-refractivity contribution in [3.8, 4) is 0 Å². The van der Waals surface area contributed by atoms with Crippen molar-refractivity contribution in [1.29, 1.82) is 0 Å². The van der Waals surface area contributed by atoms with Gasteiger partial charge in [-0.1, -0.05) is 0 Å². The summed E-state index contributed by atoms with van der Waals surface area (Å²) in [7, 11) is 0. The molecule has 0 atom stereocenters. The van der Waals surface area contributed by atoms with Gasteiger partial charge >= 0.3 is 6.43 Å². The third-order valence-corrected chi connectivity index (χ3v) is 2.45. The number of amides is 1. The molecular formula is C6H9F2NOS. The fourth-order valence-corrected chi connectivity index (χ4v) is 1.82. The number of rotatable bonds is 1. The number of hydrogen-bond donors (Lipinski definition) is 0. The van der Waals surface area contributed by atoms with Gasteiger partial charge in [0.1, 0.15) is 0 Å². The summed E-state index contributed by atoms with van der Waals surface area (Å²) in [6, 6.07) is 0. The van der Waals surface area contributed by atoms with Crippen molar-refractivity contribution in [3.63, 3.8) is 0 Å². The molecule has 0 spiro atoms. The van der Waals surface area contributed by atoms with Crippen LogP contribution in [0.5, 0.6) is 0 Å². The zero-order chi connectivity index (χ0) is 8.27. The van der Waals surface area contributed by atoms with Gasteiger partial charge in [0.2, 0.25) is 0 Å². The van der Waals surface area contributed by atoms with E-state index in [-0.39, 0.29) is 0 Å². The van der Waals surface area contributed by atoms with Crippen molar-refractivity contribution in [2.24, 2.45) is 0 Å². The van der Waals surface area contributed by atoms with Crippen LogP contribution in [-0.4, -0.2) is 41.8 Å². The minimum absolute atomic E-state index is 0.466. The van der Waals surface area contributed by atoms with Gasteiger partial charge < -0.3 is 4.90 Å². The molecule has 1 fully saturated rings. The summed E-state index contributed by atoms with van der Waals surface area (Å²) in [5.41, 5.74) is 0. The molecule has 1 saturated heterocycles. The number of thioether (sulfide) groups is 1. The minimum atomic E-state index is -2.84. The molecule has 0 aromatic heterocycles. The van der Waals surface area contributed by atoms with Gasteiger partial charge in [0.05, 0.1) is 0 Å². The van der Waals surface area contributed by atoms with Gasteiger partial charge in [-0.05, 0) is 0 Å². The van der Waals surface area contributed by atoms with Crippen LogP contribution in [0.1, 0.15) is 0 Å². The highest BCUT2D eigenvalue weighted by Gasteiger charge is 2.24. The quantitative estimate of drug-likeness (QED) is 0.597. The predicted molar refractivity (Wildman–Crippen MR) is 39.9 cm³/mol. The first-order chi connectivity index (χ1) is 5.22. The standard InChI is InChI=1S/C6H9F2NOS/c7-5(8)6(10)9-1-3-11-4-2-9/h5H,1-4H2. The third kappa shape index (κ3) is 2.32. The second-order valence-corrected chi connectivity index (χ2v) is 3.46. The van der Waals surface area contributed by atoms with Gasteiger partial charge in [-0.15, -0.1) is 0 Å². The predicted octanol–water partition coefficient (Wildman–Crippen LogP) is 0.827. The Labute approximate surface area is 67.9 Å². The van der Waals surface area contributed by atoms with E-state index in [2.05, 4.69) is 0 Å². The molecule has 0 N–H and O–H groups in total. The van der Waals surface area contributed by atoms with E-state index in [0.29, 0.717) is 13.1 Å². The van der Waals surface area contributed by atoms with E-state index in [9.17, 15) is 13.6 Å². The molecule has 5 heteroatoms. The first-order valence-electron chi connectivity index (χ1n) is 3.36. The monoisotopic (exact) mass is 181 g/mol. The van der Waals surface area contributed by atoms with Crippen molar-refractivity contribution in [1.82, 2.24) is 4.90 Å². The first kappa shape index (κ1) is 8.77. The average molecular weight is 181 g/mol. The molecular weight excluding hydrogens is 172 g/mol. The van der Waals surface area contributed by atoms with Crippen LogP contribution >= 0.6 is 11.8 Å². The number of halogens is 2. The van der Waals surface area contributed by atoms with Gasteiger partial charge in [-0.2, -0.15) is 20.5 Å². The van der Waals surface area contributed by atoms with Crippen LogP contribution in [0.3, 0.4) is 0 Å². The lowest BCUT2D eigenvalue weighted by Crippen LogP contribution is -2.41. The topological polar surface area (TPSA) is 20.3 Å². The second kappa shape index (κ2) is 3.90. The van der Waals surface area contributed by atoms with Gasteiger partial charge in [0, 0.05) is 24.6 Å². The molecule has 64 valence electrons. The molecule has 0 aliphatic carbocycles. The van der Waals surface area contributed by atoms with Gasteiger partial charge in [0.15, 0.2) is 0 Å². The molecule has 0 saturated carbocycles. The van der Waals surface area contributed by atoms with Crippen molar-refractivity contribution in [3.05, 3.63) is 0 Å². The number of alkyl halides is 2. The van der Waals surface area contributed by atoms with Crippen molar-refractivity contribution in [2.45, 2.75) is 6.43 Å². The summed E-state index contributed by atoms with van der Waals surface area (Å²) in [4.78, 5) is 11.9. The van der Waals surface area contributed by atoms with E-state index in [1.165, 1.54) is 4.90 Å². The Kier molecular flexibility index (Phi) is 3.11. The van der Waals surface area contributed by atoms with Crippen LogP contribution in [0.15, 0.2) is 0 Å². The maximum atomic E-state index is 11.8. The Bertz CT molecular complexity index is 148. The summed E-state index contributed by atoms with van der Waals surface area (Å²) >= 11 is 1.69. The normalized spacial score (nSPS) is 19.0. The highest BCUT2D eigenvalue weighted by atomic mass is 32.2. The molecule has 0 unspecified atom stereocenters. The summed E-state index contributed by atoms with van der Waals surface area (Å²) in [5, 5.41) is 0. The second-order valence-electron chi connectivity index (χ2n) is 2.24. The largest absolute Gasteiger partial charge is 0.336 e. The molecule has 11 heavy (non-hydrogen) atoms. The van der Waals surface area contributed by atoms with E-state index >= 15 is 0 Å². The van der Waals surface area contributed by atoms with Crippen LogP contribution in [-0.2, 0) is 4.79 Å². The molecule has 0 aromatic carbocycles. The van der Waals surface area contributed by atoms with Crippen LogP contribution < -0.4 is 0 Å². The van der Waals surface area contributed by atoms with Gasteiger partial charge in [0.25, 0.3) is 5.91 Å². The highest BCUT2D eigenvalue weighted by molar-refractivity contribution is 7.99. The Morgan fingerprint density at radius 3 is 2.36 bits per heavy atom. The summed E-state index contributed by atoms with van der Waals surface area (Å²) in [6.07, 6.45) is -2.84. The highest BCUT2D eigenvalue weighted by Crippen LogP contribution is 2.11. The maximum absolute atomic E-state index is 11.8. The molecule has 0 aromatic rings. The first-order valence-corrected chi connectivity index (χ1v) is 4.52. The lowest BCUT2D eigenvalue weighted by atomic mass is 10.4. The zero-order valence-electron chi connectivity index (χ0n) is 5.93. The molecule has 0 bridgehead atoms. The Morgan fingerprint density at radius 2 is 1.91 bits per heavy atom. The molecule has 1 aliphatic rings. The third-order valence-electron chi connectivity index (χ3n) is 1.51. The SMILES string of the molecule is O=C(C(F)F)N1CCSCC1. The van der Waals surface area contributed by atoms with Crippen LogP contribution in [0.2, 0.25) is 0 Å². The Balaban J connectivity index is 2.39. The lowest BCUT2D eigenvalue weighted by Gasteiger charge is -2.25. The van der Waals surface area contributed by atoms with Crippen molar-refractivity contribution in [2.75, 3.05) is 24.6 Å². The molecule has 0 radical (unpaired) electrons. The minimum Gasteiger partial charge on any atom is -0.336 e. The zero-order valence-corrected chi connectivity index (χ0v) is 6.74. The summed E-state index contributed by atoms with van der Waals surface area (Å²) < 4.78 is 23.6. The molecule has 1 rings (SSSR count). The van der Waals surface area contributed by atoms with E-state index in [4.69, 9.17) is 0 Å². The Hall–Kier alpha value is -0.320. The lowest BCUT2D eigenvalue weighted by molar-refractivity contribution is -0.142. The fraction of sp³-hybridized carbons (Fsp3) is 0.833. The molecule has 2 nitrogen and oxygen atoms in total. The Morgan fingerprint density at radius 1 is 1.36 bits per heavy atom. The molecule has 1 aliphatic heterocycles. The van der Waals surface area contributed by atoms with Crippen molar-refractivity contribution >= 4 is 17.7 Å². The average Bonchev–Trinajstić information content (AvgIpc) is 2.05. The van der Waals surface area contributed by atoms with Gasteiger partial charge in [-0.25, -0.2) is 0 Å². The summed E-state index contributed by atoms with van der Waals surface area (Å²) in [6.45, 7) is 0.932. The van der Waals surface area contributed by atoms with E-state index in [1.807, 2.05) is 0 Å². The van der Waals surface area contributed by atoms with Crippen molar-refractivity contribution < 1.29 is 13.6 Å². The smallest absolute Gasteiger partial charge is 0.315 e. The van der Waals surface area contributed by atoms with E-state index < -0.39 is 12.3 Å². The molecule has 1 heterocycles. The summed E-state index contributed by atoms with van der Waals surface area (Å²) in [5.74, 6) is 0.530. The van der Waals surface area contributed by atoms with Gasteiger partial charge in [-0.3, -0.25) is 4.79 Å². The van der Waals surface area contributed by atoms with E-state index in [1.54, 1.807) is 11.8 Å². The van der Waals surface area contributed by atoms with Crippen LogP contribution in [0.4, 0.5) is 8.78 Å². The number of carbonyl (C=O) groups excluding carboxylic acids is 1. The van der Waals surface area contributed by atoms with Crippen LogP contribution in [0, 0.1) is 0 Å². The maximum Gasteiger partial charge on any atom is 0.315 e. The van der Waals surface area contributed by atoms with E-state index in [0.717, 1.165) is 11.5 Å². The molecule has 1 amide bonds. The number of carbonyl (C=O) groups is 1. The number of hydrogen-bond acceptors (Lipinski definition) is 2. The fourth-order valence-electron chi connectivity index (χ4n) is 0.922. The number of nitrogens with zero attached hydrogens (tertiary/aromatic N) is 1.